The second-order valence-corrected chi connectivity index (χ2v) is 8.30. The molecule has 2 aromatic carbocycles. The van der Waals surface area contributed by atoms with Crippen LogP contribution in [0.15, 0.2) is 53.1 Å². The number of amides is 1. The predicted molar refractivity (Wildman–Crippen MR) is 119 cm³/mol. The van der Waals surface area contributed by atoms with Crippen molar-refractivity contribution < 1.29 is 27.2 Å². The number of ether oxygens (including phenoxy) is 1. The summed E-state index contributed by atoms with van der Waals surface area (Å²) in [5.74, 6) is 1.35. The van der Waals surface area contributed by atoms with Crippen molar-refractivity contribution in [1.29, 1.82) is 0 Å². The van der Waals surface area contributed by atoms with Crippen LogP contribution in [0.1, 0.15) is 56.2 Å². The minimum atomic E-state index is -4.43. The van der Waals surface area contributed by atoms with Crippen LogP contribution in [0.25, 0.3) is 11.4 Å². The van der Waals surface area contributed by atoms with E-state index >= 15 is 0 Å². The standard InChI is InChI=1S/C25H26F3N3O3/c1-3-33-21-11-7-17(8-12-21)24-29-22(34-30-24)13-14-23(32)31(20-9-10-20)16(2)18-5-4-6-19(15-18)25(26,27)28/h4-8,11-12,15-16,20H,3,9-10,13-14H2,1-2H3. The van der Waals surface area contributed by atoms with Gasteiger partial charge >= 0.3 is 6.18 Å². The number of carbonyl (C=O) groups is 1. The van der Waals surface area contributed by atoms with Crippen LogP contribution < -0.4 is 4.74 Å². The normalized spacial score (nSPS) is 14.6. The highest BCUT2D eigenvalue weighted by molar-refractivity contribution is 5.77. The van der Waals surface area contributed by atoms with Crippen molar-refractivity contribution in [1.82, 2.24) is 15.0 Å². The molecule has 1 aromatic heterocycles. The fourth-order valence-corrected chi connectivity index (χ4v) is 3.91. The molecule has 0 spiro atoms. The van der Waals surface area contributed by atoms with Gasteiger partial charge in [0.2, 0.25) is 17.6 Å². The Balaban J connectivity index is 1.41. The zero-order valence-corrected chi connectivity index (χ0v) is 19.0. The molecule has 1 amide bonds. The fraction of sp³-hybridized carbons (Fsp3) is 0.400. The lowest BCUT2D eigenvalue weighted by Gasteiger charge is -2.30. The highest BCUT2D eigenvalue weighted by Gasteiger charge is 2.37. The first-order chi connectivity index (χ1) is 16.3. The number of hydrogen-bond acceptors (Lipinski definition) is 5. The molecule has 1 atom stereocenters. The van der Waals surface area contributed by atoms with Gasteiger partial charge in [-0.15, -0.1) is 0 Å². The van der Waals surface area contributed by atoms with Crippen LogP contribution in [-0.2, 0) is 17.4 Å². The van der Waals surface area contributed by atoms with Crippen LogP contribution in [0.3, 0.4) is 0 Å². The molecule has 0 N–H and O–H groups in total. The molecule has 3 aromatic rings. The molecule has 9 heteroatoms. The zero-order valence-electron chi connectivity index (χ0n) is 19.0. The summed E-state index contributed by atoms with van der Waals surface area (Å²) in [6.45, 7) is 4.25. The smallest absolute Gasteiger partial charge is 0.416 e. The number of nitrogens with zero attached hydrogens (tertiary/aromatic N) is 3. The van der Waals surface area contributed by atoms with E-state index in [2.05, 4.69) is 10.1 Å². The van der Waals surface area contributed by atoms with Gasteiger partial charge in [0.15, 0.2) is 0 Å². The molecule has 34 heavy (non-hydrogen) atoms. The molecule has 1 aliphatic carbocycles. The quantitative estimate of drug-likeness (QED) is 0.391. The highest BCUT2D eigenvalue weighted by Crippen LogP contribution is 2.37. The minimum absolute atomic E-state index is 0.0409. The summed E-state index contributed by atoms with van der Waals surface area (Å²) >= 11 is 0. The van der Waals surface area contributed by atoms with Crippen molar-refractivity contribution in [2.24, 2.45) is 0 Å². The number of aryl methyl sites for hydroxylation is 1. The number of halogens is 3. The van der Waals surface area contributed by atoms with E-state index in [1.165, 1.54) is 6.07 Å². The SMILES string of the molecule is CCOc1ccc(-c2noc(CCC(=O)N(C3CC3)C(C)c3cccc(C(F)(F)F)c3)n2)cc1. The predicted octanol–water partition coefficient (Wildman–Crippen LogP) is 5.84. The van der Waals surface area contributed by atoms with E-state index in [4.69, 9.17) is 9.26 Å². The first kappa shape index (κ1) is 23.8. The van der Waals surface area contributed by atoms with Gasteiger partial charge in [0.1, 0.15) is 5.75 Å². The maximum Gasteiger partial charge on any atom is 0.416 e. The van der Waals surface area contributed by atoms with Gasteiger partial charge in [0.25, 0.3) is 0 Å². The maximum atomic E-state index is 13.1. The van der Waals surface area contributed by atoms with E-state index in [1.54, 1.807) is 17.9 Å². The van der Waals surface area contributed by atoms with Crippen LogP contribution in [0, 0.1) is 0 Å². The zero-order chi connectivity index (χ0) is 24.3. The van der Waals surface area contributed by atoms with Crippen LogP contribution in [0.2, 0.25) is 0 Å². The summed E-state index contributed by atoms with van der Waals surface area (Å²) in [7, 11) is 0. The molecule has 0 saturated heterocycles. The second-order valence-electron chi connectivity index (χ2n) is 8.30. The van der Waals surface area contributed by atoms with Gasteiger partial charge < -0.3 is 14.2 Å². The first-order valence-corrected chi connectivity index (χ1v) is 11.3. The molecule has 1 fully saturated rings. The topological polar surface area (TPSA) is 68.5 Å². The third-order valence-corrected chi connectivity index (χ3v) is 5.79. The van der Waals surface area contributed by atoms with Crippen molar-refractivity contribution in [2.75, 3.05) is 6.61 Å². The van der Waals surface area contributed by atoms with E-state index in [9.17, 15) is 18.0 Å². The molecule has 1 unspecified atom stereocenters. The van der Waals surface area contributed by atoms with Crippen LogP contribution in [-0.4, -0.2) is 33.6 Å². The molecule has 4 rings (SSSR count). The van der Waals surface area contributed by atoms with Gasteiger partial charge in [-0.05, 0) is 68.7 Å². The summed E-state index contributed by atoms with van der Waals surface area (Å²) in [4.78, 5) is 19.1. The van der Waals surface area contributed by atoms with Gasteiger partial charge in [-0.1, -0.05) is 17.3 Å². The van der Waals surface area contributed by atoms with Gasteiger partial charge in [-0.3, -0.25) is 4.79 Å². The Kier molecular flexibility index (Phi) is 6.90. The number of aromatic nitrogens is 2. The van der Waals surface area contributed by atoms with Crippen LogP contribution in [0.4, 0.5) is 13.2 Å². The summed E-state index contributed by atoms with van der Waals surface area (Å²) in [6.07, 6.45) is -2.36. The fourth-order valence-electron chi connectivity index (χ4n) is 3.91. The van der Waals surface area contributed by atoms with E-state index in [1.807, 2.05) is 31.2 Å². The van der Waals surface area contributed by atoms with Crippen molar-refractivity contribution in [3.8, 4) is 17.1 Å². The van der Waals surface area contributed by atoms with Gasteiger partial charge in [-0.2, -0.15) is 18.2 Å². The van der Waals surface area contributed by atoms with Gasteiger partial charge in [0, 0.05) is 24.4 Å². The molecule has 1 saturated carbocycles. The Morgan fingerprint density at radius 3 is 2.59 bits per heavy atom. The lowest BCUT2D eigenvalue weighted by molar-refractivity contribution is -0.137. The third kappa shape index (κ3) is 5.58. The van der Waals surface area contributed by atoms with E-state index in [-0.39, 0.29) is 24.8 Å². The number of hydrogen-bond donors (Lipinski definition) is 0. The first-order valence-electron chi connectivity index (χ1n) is 11.3. The number of carbonyl (C=O) groups excluding carboxylic acids is 1. The monoisotopic (exact) mass is 473 g/mol. The van der Waals surface area contributed by atoms with Gasteiger partial charge in [0.05, 0.1) is 18.2 Å². The Morgan fingerprint density at radius 2 is 1.94 bits per heavy atom. The minimum Gasteiger partial charge on any atom is -0.494 e. The van der Waals surface area contributed by atoms with E-state index in [0.717, 1.165) is 36.3 Å². The van der Waals surface area contributed by atoms with Crippen LogP contribution in [0.5, 0.6) is 5.75 Å². The summed E-state index contributed by atoms with van der Waals surface area (Å²) < 4.78 is 50.2. The molecule has 0 bridgehead atoms. The van der Waals surface area contributed by atoms with Crippen LogP contribution >= 0.6 is 0 Å². The molecule has 180 valence electrons. The summed E-state index contributed by atoms with van der Waals surface area (Å²) in [5.41, 5.74) is 0.515. The Labute approximate surface area is 195 Å². The summed E-state index contributed by atoms with van der Waals surface area (Å²) in [5, 5.41) is 3.99. The van der Waals surface area contributed by atoms with E-state index < -0.39 is 17.8 Å². The molecule has 1 heterocycles. The molecular weight excluding hydrogens is 447 g/mol. The molecule has 6 nitrogen and oxygen atoms in total. The molecular formula is C25H26F3N3O3. The van der Waals surface area contributed by atoms with Crippen molar-refractivity contribution >= 4 is 5.91 Å². The highest BCUT2D eigenvalue weighted by atomic mass is 19.4. The second kappa shape index (κ2) is 9.87. The summed E-state index contributed by atoms with van der Waals surface area (Å²) in [6, 6.07) is 12.0. The number of alkyl halides is 3. The molecule has 0 radical (unpaired) electrons. The van der Waals surface area contributed by atoms with Crippen molar-refractivity contribution in [2.45, 2.75) is 57.8 Å². The average molecular weight is 473 g/mol. The Bertz CT molecular complexity index is 1120. The Hall–Kier alpha value is -3.36. The molecule has 0 aliphatic heterocycles. The lowest BCUT2D eigenvalue weighted by Crippen LogP contribution is -2.35. The number of benzene rings is 2. The average Bonchev–Trinajstić information content (AvgIpc) is 3.53. The largest absolute Gasteiger partial charge is 0.494 e. The maximum absolute atomic E-state index is 13.1. The Morgan fingerprint density at radius 1 is 1.21 bits per heavy atom. The lowest BCUT2D eigenvalue weighted by atomic mass is 10.0. The van der Waals surface area contributed by atoms with E-state index in [0.29, 0.717) is 23.9 Å². The van der Waals surface area contributed by atoms with Gasteiger partial charge in [-0.25, -0.2) is 0 Å². The third-order valence-electron chi connectivity index (χ3n) is 5.79. The molecule has 1 aliphatic rings. The van der Waals surface area contributed by atoms with Crippen molar-refractivity contribution in [3.63, 3.8) is 0 Å². The number of rotatable bonds is 9. The van der Waals surface area contributed by atoms with Crippen molar-refractivity contribution in [3.05, 3.63) is 65.5 Å².